The van der Waals surface area contributed by atoms with E-state index in [0.717, 1.165) is 97.2 Å². The van der Waals surface area contributed by atoms with Crippen molar-refractivity contribution in [2.45, 2.75) is 160 Å². The number of carbonyl (C=O) groups excluding carboxylic acids is 3. The van der Waals surface area contributed by atoms with Crippen molar-refractivity contribution in [2.75, 3.05) is 72.5 Å². The first-order valence-electron chi connectivity index (χ1n) is 21.5. The third-order valence-electron chi connectivity index (χ3n) is 10.2. The molecule has 0 aromatic heterocycles. The predicted octanol–water partition coefficient (Wildman–Crippen LogP) is 4.98. The fourth-order valence-corrected chi connectivity index (χ4v) is 6.70. The van der Waals surface area contributed by atoms with Gasteiger partial charge in [-0.2, -0.15) is 0 Å². The monoisotopic (exact) mass is 735 g/mol. The number of rotatable bonds is 35. The number of unbranched alkanes of at least 4 members (excludes halogenated alkanes) is 13. The van der Waals surface area contributed by atoms with Crippen molar-refractivity contribution in [3.63, 3.8) is 0 Å². The van der Waals surface area contributed by atoms with Gasteiger partial charge in [0.2, 0.25) is 17.7 Å². The topological polar surface area (TPSA) is 158 Å². The Hall–Kier alpha value is -2.05. The van der Waals surface area contributed by atoms with E-state index in [9.17, 15) is 14.4 Å². The van der Waals surface area contributed by atoms with E-state index in [2.05, 4.69) is 50.1 Å². The molecule has 1 rings (SSSR count). The van der Waals surface area contributed by atoms with Crippen molar-refractivity contribution < 1.29 is 14.4 Å². The van der Waals surface area contributed by atoms with Crippen molar-refractivity contribution in [2.24, 2.45) is 11.5 Å². The van der Waals surface area contributed by atoms with Gasteiger partial charge >= 0.3 is 0 Å². The average molecular weight is 735 g/mol. The second-order valence-corrected chi connectivity index (χ2v) is 14.9. The minimum Gasteiger partial charge on any atom is -0.355 e. The number of hydrogen-bond donors (Lipinski definition) is 6. The lowest BCUT2D eigenvalue weighted by atomic mass is 10.1. The summed E-state index contributed by atoms with van der Waals surface area (Å²) in [5, 5.41) is 12.3. The lowest BCUT2D eigenvalue weighted by molar-refractivity contribution is -0.129. The van der Waals surface area contributed by atoms with E-state index < -0.39 is 12.1 Å². The van der Waals surface area contributed by atoms with Crippen molar-refractivity contribution in [1.29, 1.82) is 0 Å². The van der Waals surface area contributed by atoms with Crippen LogP contribution in [0, 0.1) is 0 Å². The Labute approximate surface area is 319 Å². The second-order valence-electron chi connectivity index (χ2n) is 14.9. The van der Waals surface area contributed by atoms with Gasteiger partial charge in [-0.25, -0.2) is 0 Å². The van der Waals surface area contributed by atoms with Crippen molar-refractivity contribution in [1.82, 2.24) is 31.1 Å². The summed E-state index contributed by atoms with van der Waals surface area (Å²) in [7, 11) is 2.00. The van der Waals surface area contributed by atoms with Crippen LogP contribution in [0.4, 0.5) is 0 Å². The number of hydrogen-bond acceptors (Lipinski definition) is 8. The van der Waals surface area contributed by atoms with Crippen LogP contribution in [-0.2, 0) is 14.4 Å². The first-order valence-corrected chi connectivity index (χ1v) is 21.5. The van der Waals surface area contributed by atoms with Crippen molar-refractivity contribution in [3.05, 3.63) is 12.2 Å². The summed E-state index contributed by atoms with van der Waals surface area (Å²) in [5.41, 5.74) is 11.5. The van der Waals surface area contributed by atoms with E-state index in [1.54, 1.807) is 0 Å². The largest absolute Gasteiger partial charge is 0.355 e. The first kappa shape index (κ1) is 48.0. The molecule has 1 heterocycles. The first-order chi connectivity index (χ1) is 25.4. The molecule has 52 heavy (non-hydrogen) atoms. The molecule has 11 nitrogen and oxygen atoms in total. The number of nitrogens with one attached hydrogen (secondary N) is 4. The third-order valence-corrected chi connectivity index (χ3v) is 10.2. The molecule has 304 valence electrons. The van der Waals surface area contributed by atoms with Gasteiger partial charge in [0.05, 0.1) is 6.04 Å². The molecule has 0 spiro atoms. The minimum atomic E-state index is -0.564. The van der Waals surface area contributed by atoms with Crippen LogP contribution in [0.25, 0.3) is 0 Å². The van der Waals surface area contributed by atoms with E-state index in [4.69, 9.17) is 11.5 Å². The molecule has 0 aromatic carbocycles. The van der Waals surface area contributed by atoms with E-state index in [-0.39, 0.29) is 17.7 Å². The van der Waals surface area contributed by atoms with Gasteiger partial charge in [0.1, 0.15) is 6.04 Å². The maximum absolute atomic E-state index is 13.2. The number of carbonyl (C=O) groups is 3. The summed E-state index contributed by atoms with van der Waals surface area (Å²) in [4.78, 5) is 43.5. The van der Waals surface area contributed by atoms with Gasteiger partial charge in [0.25, 0.3) is 0 Å². The Bertz CT molecular complexity index is 897. The molecule has 8 N–H and O–H groups in total. The van der Waals surface area contributed by atoms with Gasteiger partial charge < -0.3 is 42.5 Å². The normalized spacial score (nSPS) is 15.2. The Morgan fingerprint density at radius 2 is 1.17 bits per heavy atom. The zero-order chi connectivity index (χ0) is 37.9. The molecule has 1 aliphatic heterocycles. The third kappa shape index (κ3) is 27.5. The van der Waals surface area contributed by atoms with Gasteiger partial charge in [-0.1, -0.05) is 76.9 Å². The van der Waals surface area contributed by atoms with Gasteiger partial charge in [0, 0.05) is 45.7 Å². The van der Waals surface area contributed by atoms with Gasteiger partial charge in [-0.05, 0) is 110 Å². The van der Waals surface area contributed by atoms with Crippen LogP contribution < -0.4 is 32.7 Å². The van der Waals surface area contributed by atoms with Crippen molar-refractivity contribution >= 4 is 17.7 Å². The van der Waals surface area contributed by atoms with Crippen LogP contribution in [0.1, 0.15) is 148 Å². The quantitative estimate of drug-likeness (QED) is 0.0393. The van der Waals surface area contributed by atoms with Crippen molar-refractivity contribution in [3.8, 4) is 0 Å². The number of amides is 3. The van der Waals surface area contributed by atoms with Crippen LogP contribution in [0.5, 0.6) is 0 Å². The summed E-state index contributed by atoms with van der Waals surface area (Å²) in [6, 6.07) is -1.08. The fraction of sp³-hybridized carbons (Fsp3) is 0.878. The van der Waals surface area contributed by atoms with E-state index in [0.29, 0.717) is 45.3 Å². The molecule has 11 heteroatoms. The molecule has 0 aliphatic carbocycles. The van der Waals surface area contributed by atoms with E-state index in [1.807, 2.05) is 7.05 Å². The molecule has 2 unspecified atom stereocenters. The Kier molecular flexibility index (Phi) is 32.0. The lowest BCUT2D eigenvalue weighted by Crippen LogP contribution is -2.48. The molecule has 0 radical (unpaired) electrons. The van der Waals surface area contributed by atoms with E-state index in [1.165, 1.54) is 64.2 Å². The molecule has 3 amide bonds. The van der Waals surface area contributed by atoms with E-state index >= 15 is 0 Å². The standard InChI is InChI=1S/C41H82N8O3/c1-3-4-5-6-7-8-9-10-11-12-13-14-15-16-17-26-39(50)47-38(25-19-21-29-45-40(51)37(43)24-18-20-27-42)41(52)46-30-23-32-49-35-33-48(34-36-49)31-22-28-44-2/h10-11,37-38,44H,3-9,12-36,42-43H2,1-2H3,(H,45,51)(H,46,52)(H,47,50)/b11-10-. The molecule has 1 saturated heterocycles. The minimum absolute atomic E-state index is 0.0536. The maximum atomic E-state index is 13.2. The average Bonchev–Trinajstić information content (AvgIpc) is 3.14. The summed E-state index contributed by atoms with van der Waals surface area (Å²) >= 11 is 0. The molecule has 2 atom stereocenters. The molecule has 0 bridgehead atoms. The number of piperazine rings is 1. The number of nitrogens with zero attached hydrogens (tertiary/aromatic N) is 2. The van der Waals surface area contributed by atoms with Crippen LogP contribution in [0.2, 0.25) is 0 Å². The molecule has 1 fully saturated rings. The highest BCUT2D eigenvalue weighted by Crippen LogP contribution is 2.11. The summed E-state index contributed by atoms with van der Waals surface area (Å²) in [6.45, 7) is 11.5. The summed E-state index contributed by atoms with van der Waals surface area (Å²) in [6.07, 6.45) is 27.3. The maximum Gasteiger partial charge on any atom is 0.242 e. The summed E-state index contributed by atoms with van der Waals surface area (Å²) < 4.78 is 0. The van der Waals surface area contributed by atoms with Crippen LogP contribution in [0.3, 0.4) is 0 Å². The number of allylic oxidation sites excluding steroid dienone is 2. The zero-order valence-electron chi connectivity index (χ0n) is 33.7. The number of nitrogens with two attached hydrogens (primary N) is 2. The zero-order valence-corrected chi connectivity index (χ0v) is 33.7. The smallest absolute Gasteiger partial charge is 0.242 e. The molecule has 0 saturated carbocycles. The molecule has 1 aliphatic rings. The highest BCUT2D eigenvalue weighted by Gasteiger charge is 2.21. The van der Waals surface area contributed by atoms with Crippen LogP contribution >= 0.6 is 0 Å². The summed E-state index contributed by atoms with van der Waals surface area (Å²) in [5.74, 6) is -0.310. The van der Waals surface area contributed by atoms with Crippen LogP contribution in [0.15, 0.2) is 12.2 Å². The SMILES string of the molecule is CCCCCCCC/C=C\CCCCCCCC(=O)NC(CCCCNC(=O)C(N)CCCCN)C(=O)NCCCN1CCN(CCCNC)CC1. The highest BCUT2D eigenvalue weighted by molar-refractivity contribution is 5.87. The molecular formula is C41H82N8O3. The van der Waals surface area contributed by atoms with Gasteiger partial charge in [0.15, 0.2) is 0 Å². The lowest BCUT2D eigenvalue weighted by Gasteiger charge is -2.34. The van der Waals surface area contributed by atoms with Gasteiger partial charge in [-0.3, -0.25) is 14.4 Å². The van der Waals surface area contributed by atoms with Crippen LogP contribution in [-0.4, -0.2) is 112 Å². The Balaban J connectivity index is 2.35. The molecule has 0 aromatic rings. The Morgan fingerprint density at radius 1 is 0.635 bits per heavy atom. The van der Waals surface area contributed by atoms with Gasteiger partial charge in [-0.15, -0.1) is 0 Å². The Morgan fingerprint density at radius 3 is 1.79 bits per heavy atom. The highest BCUT2D eigenvalue weighted by atomic mass is 16.2. The molecular weight excluding hydrogens is 653 g/mol. The second kappa shape index (κ2) is 34.7. The fourth-order valence-electron chi connectivity index (χ4n) is 6.70. The predicted molar refractivity (Wildman–Crippen MR) is 218 cm³/mol.